The fourth-order valence-corrected chi connectivity index (χ4v) is 2.34. The molecule has 100 valence electrons. The zero-order valence-electron chi connectivity index (χ0n) is 10.8. The van der Waals surface area contributed by atoms with E-state index in [1.807, 2.05) is 12.1 Å². The summed E-state index contributed by atoms with van der Waals surface area (Å²) in [5.74, 6) is 0. The zero-order chi connectivity index (χ0) is 12.9. The van der Waals surface area contributed by atoms with Crippen LogP contribution < -0.4 is 5.32 Å². The maximum absolute atomic E-state index is 5.47. The lowest BCUT2D eigenvalue weighted by molar-refractivity contribution is 0.144. The number of rotatable bonds is 3. The van der Waals surface area contributed by atoms with Gasteiger partial charge in [-0.25, -0.2) is 9.67 Å². The van der Waals surface area contributed by atoms with E-state index >= 15 is 0 Å². The molecule has 2 aromatic rings. The number of hydrogen-bond acceptors (Lipinski definition) is 4. The molecular weight excluding hydrogens is 240 g/mol. The summed E-state index contributed by atoms with van der Waals surface area (Å²) in [5.41, 5.74) is 2.17. The summed E-state index contributed by atoms with van der Waals surface area (Å²) < 4.78 is 7.23. The lowest BCUT2D eigenvalue weighted by Gasteiger charge is -2.17. The third-order valence-corrected chi connectivity index (χ3v) is 3.37. The molecule has 1 aromatic heterocycles. The van der Waals surface area contributed by atoms with E-state index in [0.717, 1.165) is 37.4 Å². The van der Waals surface area contributed by atoms with Crippen LogP contribution in [0.3, 0.4) is 0 Å². The van der Waals surface area contributed by atoms with E-state index in [9.17, 15) is 0 Å². The van der Waals surface area contributed by atoms with Gasteiger partial charge in [-0.1, -0.05) is 0 Å². The number of ether oxygens (including phenoxy) is 1. The first-order valence-electron chi connectivity index (χ1n) is 6.71. The van der Waals surface area contributed by atoms with Crippen LogP contribution in [0.1, 0.15) is 19.3 Å². The molecule has 5 nitrogen and oxygen atoms in total. The molecule has 5 heteroatoms. The van der Waals surface area contributed by atoms with Gasteiger partial charge in [-0.15, -0.1) is 0 Å². The van der Waals surface area contributed by atoms with Gasteiger partial charge in [0.15, 0.2) is 0 Å². The number of nitrogens with one attached hydrogen (secondary N) is 1. The van der Waals surface area contributed by atoms with Crippen molar-refractivity contribution in [2.24, 2.45) is 0 Å². The fourth-order valence-electron chi connectivity index (χ4n) is 2.34. The Balaban J connectivity index is 1.65. The van der Waals surface area contributed by atoms with Crippen LogP contribution in [-0.2, 0) is 4.74 Å². The van der Waals surface area contributed by atoms with Crippen LogP contribution >= 0.6 is 0 Å². The van der Waals surface area contributed by atoms with Crippen molar-refractivity contribution >= 4 is 5.69 Å². The minimum atomic E-state index is 0.514. The topological polar surface area (TPSA) is 52.0 Å². The Morgan fingerprint density at radius 1 is 1.16 bits per heavy atom. The van der Waals surface area contributed by atoms with E-state index in [-0.39, 0.29) is 0 Å². The summed E-state index contributed by atoms with van der Waals surface area (Å²) in [6, 6.07) is 8.78. The summed E-state index contributed by atoms with van der Waals surface area (Å²) in [6.45, 7) is 1.75. The average molecular weight is 258 g/mol. The molecule has 0 amide bonds. The predicted molar refractivity (Wildman–Crippen MR) is 73.4 cm³/mol. The maximum Gasteiger partial charge on any atom is 0.138 e. The van der Waals surface area contributed by atoms with Crippen molar-refractivity contribution in [3.8, 4) is 5.69 Å². The first kappa shape index (κ1) is 12.2. The Labute approximate surface area is 112 Å². The quantitative estimate of drug-likeness (QED) is 0.917. The summed E-state index contributed by atoms with van der Waals surface area (Å²) in [4.78, 5) is 3.95. The number of nitrogens with zero attached hydrogens (tertiary/aromatic N) is 3. The van der Waals surface area contributed by atoms with Crippen LogP contribution in [0.25, 0.3) is 5.69 Å². The fraction of sp³-hybridized carbons (Fsp3) is 0.429. The van der Waals surface area contributed by atoms with Gasteiger partial charge >= 0.3 is 0 Å². The number of aromatic nitrogens is 3. The zero-order valence-corrected chi connectivity index (χ0v) is 10.8. The molecule has 1 saturated heterocycles. The average Bonchev–Trinajstić information content (AvgIpc) is 2.86. The molecule has 0 spiro atoms. The number of benzene rings is 1. The van der Waals surface area contributed by atoms with Gasteiger partial charge < -0.3 is 10.1 Å². The van der Waals surface area contributed by atoms with Gasteiger partial charge in [0.1, 0.15) is 12.7 Å². The van der Waals surface area contributed by atoms with E-state index in [0.29, 0.717) is 6.04 Å². The Hall–Kier alpha value is -1.88. The van der Waals surface area contributed by atoms with E-state index < -0.39 is 0 Å². The third-order valence-electron chi connectivity index (χ3n) is 3.37. The van der Waals surface area contributed by atoms with Crippen LogP contribution in [0.15, 0.2) is 36.9 Å². The SMILES string of the molecule is c1ncn(-c2ccc(NC3CCCOCC3)cc2)n1. The van der Waals surface area contributed by atoms with Gasteiger partial charge in [-0.2, -0.15) is 5.10 Å². The van der Waals surface area contributed by atoms with Crippen molar-refractivity contribution in [2.75, 3.05) is 18.5 Å². The molecule has 2 heterocycles. The smallest absolute Gasteiger partial charge is 0.138 e. The van der Waals surface area contributed by atoms with Crippen molar-refractivity contribution in [3.63, 3.8) is 0 Å². The summed E-state index contributed by atoms with van der Waals surface area (Å²) in [6.07, 6.45) is 6.62. The summed E-state index contributed by atoms with van der Waals surface area (Å²) in [7, 11) is 0. The van der Waals surface area contributed by atoms with E-state index in [2.05, 4.69) is 27.5 Å². The first-order valence-corrected chi connectivity index (χ1v) is 6.71. The molecule has 1 atom stereocenters. The Morgan fingerprint density at radius 2 is 2.05 bits per heavy atom. The second kappa shape index (κ2) is 5.84. The van der Waals surface area contributed by atoms with Gasteiger partial charge in [-0.3, -0.25) is 0 Å². The van der Waals surface area contributed by atoms with Crippen molar-refractivity contribution in [2.45, 2.75) is 25.3 Å². The molecule has 1 unspecified atom stereocenters. The maximum atomic E-state index is 5.47. The summed E-state index contributed by atoms with van der Waals surface area (Å²) in [5, 5.41) is 7.68. The molecule has 0 bridgehead atoms. The minimum absolute atomic E-state index is 0.514. The molecular formula is C14H18N4O. The summed E-state index contributed by atoms with van der Waals surface area (Å²) >= 11 is 0. The normalized spacial score (nSPS) is 19.9. The monoisotopic (exact) mass is 258 g/mol. The van der Waals surface area contributed by atoms with Crippen molar-refractivity contribution < 1.29 is 4.74 Å². The van der Waals surface area contributed by atoms with Crippen LogP contribution in [0, 0.1) is 0 Å². The number of hydrogen-bond donors (Lipinski definition) is 1. The molecule has 0 saturated carbocycles. The predicted octanol–water partition coefficient (Wildman–Crippen LogP) is 2.25. The van der Waals surface area contributed by atoms with E-state index in [1.54, 1.807) is 11.0 Å². The van der Waals surface area contributed by atoms with Crippen LogP contribution in [0.5, 0.6) is 0 Å². The lowest BCUT2D eigenvalue weighted by atomic mass is 10.1. The van der Waals surface area contributed by atoms with Gasteiger partial charge in [0, 0.05) is 24.9 Å². The largest absolute Gasteiger partial charge is 0.382 e. The van der Waals surface area contributed by atoms with Crippen molar-refractivity contribution in [1.82, 2.24) is 14.8 Å². The highest BCUT2D eigenvalue weighted by atomic mass is 16.5. The number of anilines is 1. The van der Waals surface area contributed by atoms with Crippen molar-refractivity contribution in [3.05, 3.63) is 36.9 Å². The second-order valence-corrected chi connectivity index (χ2v) is 4.77. The molecule has 1 aliphatic heterocycles. The van der Waals surface area contributed by atoms with Gasteiger partial charge in [-0.05, 0) is 43.5 Å². The third kappa shape index (κ3) is 3.12. The van der Waals surface area contributed by atoms with Gasteiger partial charge in [0.05, 0.1) is 5.69 Å². The Morgan fingerprint density at radius 3 is 2.84 bits per heavy atom. The van der Waals surface area contributed by atoms with Crippen LogP contribution in [-0.4, -0.2) is 34.0 Å². The molecule has 3 rings (SSSR count). The molecule has 1 fully saturated rings. The highest BCUT2D eigenvalue weighted by Gasteiger charge is 2.11. The van der Waals surface area contributed by atoms with Crippen LogP contribution in [0.4, 0.5) is 5.69 Å². The molecule has 1 aliphatic rings. The minimum Gasteiger partial charge on any atom is -0.382 e. The molecule has 19 heavy (non-hydrogen) atoms. The van der Waals surface area contributed by atoms with Gasteiger partial charge in [0.25, 0.3) is 0 Å². The van der Waals surface area contributed by atoms with Gasteiger partial charge in [0.2, 0.25) is 0 Å². The van der Waals surface area contributed by atoms with Crippen molar-refractivity contribution in [1.29, 1.82) is 0 Å². The first-order chi connectivity index (χ1) is 9.42. The second-order valence-electron chi connectivity index (χ2n) is 4.77. The molecule has 0 radical (unpaired) electrons. The van der Waals surface area contributed by atoms with E-state index in [4.69, 9.17) is 4.74 Å². The molecule has 1 aromatic carbocycles. The Kier molecular flexibility index (Phi) is 3.74. The standard InChI is InChI=1S/C14H18N4O/c1-2-12(7-9-19-8-1)17-13-3-5-14(6-4-13)18-11-15-10-16-18/h3-6,10-12,17H,1-2,7-9H2. The lowest BCUT2D eigenvalue weighted by Crippen LogP contribution is -2.19. The molecule has 1 N–H and O–H groups in total. The highest BCUT2D eigenvalue weighted by Crippen LogP contribution is 2.17. The van der Waals surface area contributed by atoms with Crippen LogP contribution in [0.2, 0.25) is 0 Å². The van der Waals surface area contributed by atoms with E-state index in [1.165, 1.54) is 12.7 Å². The highest BCUT2D eigenvalue weighted by molar-refractivity contribution is 5.49. The Bertz CT molecular complexity index is 487. The molecule has 0 aliphatic carbocycles.